The zero-order valence-electron chi connectivity index (χ0n) is 14.0. The summed E-state index contributed by atoms with van der Waals surface area (Å²) in [6.07, 6.45) is 0. The topological polar surface area (TPSA) is 49.4 Å². The van der Waals surface area contributed by atoms with Gasteiger partial charge in [0.15, 0.2) is 9.84 Å². The second-order valence-corrected chi connectivity index (χ2v) is 8.42. The second kappa shape index (κ2) is 7.47. The Morgan fingerprint density at radius 3 is 2.42 bits per heavy atom. The summed E-state index contributed by atoms with van der Waals surface area (Å²) in [5, 5.41) is 3.43. The zero-order valence-corrected chi connectivity index (χ0v) is 14.8. The Bertz CT molecular complexity index is 775. The molecule has 1 saturated heterocycles. The molecule has 2 aromatic carbocycles. The third kappa shape index (κ3) is 4.23. The summed E-state index contributed by atoms with van der Waals surface area (Å²) in [4.78, 5) is 2.77. The molecule has 0 aromatic heterocycles. The van der Waals surface area contributed by atoms with Gasteiger partial charge in [-0.1, -0.05) is 42.5 Å². The highest BCUT2D eigenvalue weighted by Crippen LogP contribution is 2.20. The van der Waals surface area contributed by atoms with Crippen molar-refractivity contribution < 1.29 is 8.42 Å². The van der Waals surface area contributed by atoms with Gasteiger partial charge in [-0.25, -0.2) is 8.42 Å². The third-order valence-electron chi connectivity index (χ3n) is 4.41. The Kier molecular flexibility index (Phi) is 5.33. The van der Waals surface area contributed by atoms with Gasteiger partial charge in [0, 0.05) is 32.2 Å². The third-order valence-corrected chi connectivity index (χ3v) is 6.09. The molecule has 1 N–H and O–H groups in total. The Hall–Kier alpha value is -1.69. The molecule has 0 radical (unpaired) electrons. The number of nitrogens with zero attached hydrogens (tertiary/aromatic N) is 1. The molecule has 1 unspecified atom stereocenters. The number of sulfone groups is 1. The van der Waals surface area contributed by atoms with E-state index in [1.54, 1.807) is 24.3 Å². The molecule has 1 heterocycles. The quantitative estimate of drug-likeness (QED) is 0.905. The van der Waals surface area contributed by atoms with Crippen LogP contribution in [0.4, 0.5) is 0 Å². The van der Waals surface area contributed by atoms with Crippen LogP contribution in [0, 0.1) is 0 Å². The lowest BCUT2D eigenvalue weighted by Crippen LogP contribution is -2.48. The Morgan fingerprint density at radius 1 is 1.04 bits per heavy atom. The van der Waals surface area contributed by atoms with Crippen LogP contribution < -0.4 is 5.32 Å². The van der Waals surface area contributed by atoms with E-state index in [0.717, 1.165) is 37.3 Å². The maximum absolute atomic E-state index is 12.7. The molecule has 0 amide bonds. The molecule has 0 saturated carbocycles. The lowest BCUT2D eigenvalue weighted by atomic mass is 10.1. The molecule has 5 heteroatoms. The zero-order chi connectivity index (χ0) is 17.0. The van der Waals surface area contributed by atoms with Crippen LogP contribution >= 0.6 is 0 Å². The number of piperazine rings is 1. The summed E-state index contributed by atoms with van der Waals surface area (Å²) in [5.74, 6) is 0.0504. The summed E-state index contributed by atoms with van der Waals surface area (Å²) in [5.41, 5.74) is 2.00. The summed E-state index contributed by atoms with van der Waals surface area (Å²) in [6, 6.07) is 17.0. The Morgan fingerprint density at radius 2 is 1.71 bits per heavy atom. The van der Waals surface area contributed by atoms with Crippen LogP contribution in [0.15, 0.2) is 59.5 Å². The fourth-order valence-electron chi connectivity index (χ4n) is 3.17. The minimum absolute atomic E-state index is 0.0504. The van der Waals surface area contributed by atoms with Gasteiger partial charge in [0.2, 0.25) is 0 Å². The van der Waals surface area contributed by atoms with Gasteiger partial charge in [-0.2, -0.15) is 0 Å². The van der Waals surface area contributed by atoms with Gasteiger partial charge in [0.1, 0.15) is 0 Å². The summed E-state index contributed by atoms with van der Waals surface area (Å²) >= 11 is 0. The Labute approximate surface area is 144 Å². The summed E-state index contributed by atoms with van der Waals surface area (Å²) in [6.45, 7) is 5.93. The minimum atomic E-state index is -3.32. The first-order chi connectivity index (χ1) is 11.5. The minimum Gasteiger partial charge on any atom is -0.312 e. The van der Waals surface area contributed by atoms with E-state index >= 15 is 0 Å². The molecule has 1 fully saturated rings. The van der Waals surface area contributed by atoms with Crippen molar-refractivity contribution in [3.8, 4) is 0 Å². The second-order valence-electron chi connectivity index (χ2n) is 6.43. The van der Waals surface area contributed by atoms with Gasteiger partial charge >= 0.3 is 0 Å². The smallest absolute Gasteiger partial charge is 0.182 e. The predicted molar refractivity (Wildman–Crippen MR) is 96.5 cm³/mol. The summed E-state index contributed by atoms with van der Waals surface area (Å²) < 4.78 is 25.3. The van der Waals surface area contributed by atoms with E-state index in [2.05, 4.69) is 17.1 Å². The van der Waals surface area contributed by atoms with Crippen LogP contribution in [-0.2, 0) is 22.1 Å². The van der Waals surface area contributed by atoms with Crippen LogP contribution in [0.2, 0.25) is 0 Å². The molecule has 3 rings (SSSR count). The van der Waals surface area contributed by atoms with Crippen molar-refractivity contribution in [2.24, 2.45) is 0 Å². The van der Waals surface area contributed by atoms with Gasteiger partial charge in [-0.15, -0.1) is 0 Å². The van der Waals surface area contributed by atoms with Crippen molar-refractivity contribution in [2.45, 2.75) is 30.2 Å². The van der Waals surface area contributed by atoms with Gasteiger partial charge in [0.05, 0.1) is 10.6 Å². The van der Waals surface area contributed by atoms with Crippen molar-refractivity contribution in [1.29, 1.82) is 0 Å². The number of rotatable bonds is 5. The molecule has 1 aliphatic heterocycles. The highest BCUT2D eigenvalue weighted by Gasteiger charge is 2.20. The van der Waals surface area contributed by atoms with Gasteiger partial charge in [0.25, 0.3) is 0 Å². The summed E-state index contributed by atoms with van der Waals surface area (Å²) in [7, 11) is -3.32. The van der Waals surface area contributed by atoms with E-state index in [0.29, 0.717) is 10.9 Å². The lowest BCUT2D eigenvalue weighted by Gasteiger charge is -2.32. The molecule has 0 aliphatic carbocycles. The van der Waals surface area contributed by atoms with E-state index in [1.165, 1.54) is 0 Å². The van der Waals surface area contributed by atoms with Crippen molar-refractivity contribution in [3.05, 3.63) is 65.7 Å². The number of hydrogen-bond acceptors (Lipinski definition) is 4. The fourth-order valence-corrected chi connectivity index (χ4v) is 4.59. The number of hydrogen-bond donors (Lipinski definition) is 1. The first-order valence-corrected chi connectivity index (χ1v) is 10.0. The molecule has 0 bridgehead atoms. The van der Waals surface area contributed by atoms with Crippen LogP contribution in [0.5, 0.6) is 0 Å². The largest absolute Gasteiger partial charge is 0.312 e. The highest BCUT2D eigenvalue weighted by atomic mass is 32.2. The van der Waals surface area contributed by atoms with Gasteiger partial charge in [-0.3, -0.25) is 4.90 Å². The monoisotopic (exact) mass is 344 g/mol. The maximum atomic E-state index is 12.7. The molecule has 2 aromatic rings. The number of benzene rings is 2. The molecule has 4 nitrogen and oxygen atoms in total. The highest BCUT2D eigenvalue weighted by molar-refractivity contribution is 7.90. The first kappa shape index (κ1) is 17.1. The van der Waals surface area contributed by atoms with E-state index < -0.39 is 9.84 Å². The lowest BCUT2D eigenvalue weighted by molar-refractivity contribution is 0.199. The van der Waals surface area contributed by atoms with Crippen molar-refractivity contribution in [3.63, 3.8) is 0 Å². The average molecular weight is 344 g/mol. The molecular formula is C19H24N2O2S. The SMILES string of the molecule is CC1CN(Cc2ccccc2CS(=O)(=O)c2ccccc2)CCN1. The molecule has 1 aliphatic rings. The first-order valence-electron chi connectivity index (χ1n) is 8.35. The van der Waals surface area contributed by atoms with E-state index in [4.69, 9.17) is 0 Å². The van der Waals surface area contributed by atoms with Crippen LogP contribution in [-0.4, -0.2) is 39.0 Å². The van der Waals surface area contributed by atoms with Crippen LogP contribution in [0.3, 0.4) is 0 Å². The van der Waals surface area contributed by atoms with Crippen LogP contribution in [0.1, 0.15) is 18.1 Å². The van der Waals surface area contributed by atoms with Crippen molar-refractivity contribution in [1.82, 2.24) is 10.2 Å². The van der Waals surface area contributed by atoms with Gasteiger partial charge in [-0.05, 0) is 30.2 Å². The van der Waals surface area contributed by atoms with Crippen molar-refractivity contribution in [2.75, 3.05) is 19.6 Å². The fraction of sp³-hybridized carbons (Fsp3) is 0.368. The van der Waals surface area contributed by atoms with Crippen molar-refractivity contribution >= 4 is 9.84 Å². The van der Waals surface area contributed by atoms with E-state index in [9.17, 15) is 8.42 Å². The molecule has 1 atom stereocenters. The number of nitrogens with one attached hydrogen (secondary N) is 1. The maximum Gasteiger partial charge on any atom is 0.182 e. The van der Waals surface area contributed by atoms with Crippen LogP contribution in [0.25, 0.3) is 0 Å². The normalized spacial score (nSPS) is 19.3. The van der Waals surface area contributed by atoms with Gasteiger partial charge < -0.3 is 5.32 Å². The standard InChI is InChI=1S/C19H24N2O2S/c1-16-13-21(12-11-20-16)14-17-7-5-6-8-18(17)15-24(22,23)19-9-3-2-4-10-19/h2-10,16,20H,11-15H2,1H3. The van der Waals surface area contributed by atoms with E-state index in [-0.39, 0.29) is 5.75 Å². The Balaban J connectivity index is 1.79. The molecule has 128 valence electrons. The molecular weight excluding hydrogens is 320 g/mol. The molecule has 0 spiro atoms. The van der Waals surface area contributed by atoms with E-state index in [1.807, 2.05) is 30.3 Å². The molecule has 24 heavy (non-hydrogen) atoms. The average Bonchev–Trinajstić information content (AvgIpc) is 2.57. The predicted octanol–water partition coefficient (Wildman–Crippen LogP) is 2.45.